The second-order valence-corrected chi connectivity index (χ2v) is 8.89. The molecule has 0 fully saturated rings. The second-order valence-electron chi connectivity index (χ2n) is 4.71. The van der Waals surface area contributed by atoms with E-state index in [0.717, 1.165) is 5.56 Å². The van der Waals surface area contributed by atoms with Crippen LogP contribution in [0.15, 0.2) is 15.7 Å². The fraction of sp³-hybridized carbons (Fsp3) is 0.667. The first-order valence-corrected chi connectivity index (χ1v) is 9.83. The third-order valence-electron chi connectivity index (χ3n) is 2.57. The Morgan fingerprint density at radius 2 is 2.05 bits per heavy atom. The molecule has 1 rings (SSSR count). The molecule has 0 aliphatic carbocycles. The van der Waals surface area contributed by atoms with Crippen molar-refractivity contribution < 1.29 is 8.42 Å². The van der Waals surface area contributed by atoms with E-state index >= 15 is 0 Å². The summed E-state index contributed by atoms with van der Waals surface area (Å²) in [6.07, 6.45) is 1.97. The Morgan fingerprint density at radius 3 is 2.63 bits per heavy atom. The van der Waals surface area contributed by atoms with Crippen LogP contribution in [-0.4, -0.2) is 32.5 Å². The summed E-state index contributed by atoms with van der Waals surface area (Å²) in [4.78, 5) is 0. The van der Waals surface area contributed by atoms with E-state index in [9.17, 15) is 8.42 Å². The van der Waals surface area contributed by atoms with Crippen LogP contribution in [0.5, 0.6) is 0 Å². The highest BCUT2D eigenvalue weighted by Crippen LogP contribution is 2.20. The molecule has 0 spiro atoms. The molecule has 0 saturated carbocycles. The zero-order valence-electron chi connectivity index (χ0n) is 11.8. The number of rotatable bonds is 8. The highest BCUT2D eigenvalue weighted by atomic mass is 32.2. The summed E-state index contributed by atoms with van der Waals surface area (Å²) in [5.74, 6) is 0. The molecule has 1 unspecified atom stereocenters. The third kappa shape index (κ3) is 5.83. The average molecular weight is 323 g/mol. The zero-order valence-corrected chi connectivity index (χ0v) is 14.2. The molecule has 0 aromatic carbocycles. The first kappa shape index (κ1) is 17.0. The summed E-state index contributed by atoms with van der Waals surface area (Å²) >= 11 is 2.91. The van der Waals surface area contributed by atoms with E-state index in [0.29, 0.717) is 23.3 Å². The van der Waals surface area contributed by atoms with Gasteiger partial charge in [0.2, 0.25) is 10.0 Å². The Bertz CT molecular complexity index is 483. The van der Waals surface area contributed by atoms with E-state index in [4.69, 9.17) is 0 Å². The molecular weight excluding hydrogens is 300 g/mol. The van der Waals surface area contributed by atoms with Crippen molar-refractivity contribution in [2.45, 2.75) is 42.8 Å². The lowest BCUT2D eigenvalue weighted by Gasteiger charge is -2.09. The summed E-state index contributed by atoms with van der Waals surface area (Å²) < 4.78 is 27.2. The Labute approximate surface area is 124 Å². The molecule has 4 nitrogen and oxygen atoms in total. The Balaban J connectivity index is 2.63. The van der Waals surface area contributed by atoms with Gasteiger partial charge in [0, 0.05) is 24.4 Å². The number of thiophene rings is 1. The van der Waals surface area contributed by atoms with E-state index in [2.05, 4.69) is 23.9 Å². The van der Waals surface area contributed by atoms with Gasteiger partial charge in [-0.25, -0.2) is 13.1 Å². The maximum absolute atomic E-state index is 12.1. The molecule has 1 aromatic heterocycles. The van der Waals surface area contributed by atoms with Crippen LogP contribution in [0.1, 0.15) is 26.3 Å². The predicted molar refractivity (Wildman–Crippen MR) is 84.5 cm³/mol. The largest absolute Gasteiger partial charge is 0.310 e. The molecule has 110 valence electrons. The SMILES string of the molecule is CSC(C)CNS(=O)(=O)c1cc(CNC(C)C)cs1. The van der Waals surface area contributed by atoms with Crippen molar-refractivity contribution in [1.82, 2.24) is 10.0 Å². The van der Waals surface area contributed by atoms with Crippen LogP contribution in [-0.2, 0) is 16.6 Å². The topological polar surface area (TPSA) is 58.2 Å². The van der Waals surface area contributed by atoms with Crippen LogP contribution in [0.4, 0.5) is 0 Å². The molecular formula is C12H22N2O2S3. The van der Waals surface area contributed by atoms with Gasteiger partial charge < -0.3 is 5.32 Å². The summed E-state index contributed by atoms with van der Waals surface area (Å²) in [6, 6.07) is 2.13. The van der Waals surface area contributed by atoms with Crippen LogP contribution < -0.4 is 10.0 Å². The number of nitrogens with one attached hydrogen (secondary N) is 2. The Hall–Kier alpha value is -0.0800. The highest BCUT2D eigenvalue weighted by Gasteiger charge is 2.17. The number of thioether (sulfide) groups is 1. The molecule has 0 saturated heterocycles. The van der Waals surface area contributed by atoms with Gasteiger partial charge in [0.1, 0.15) is 4.21 Å². The van der Waals surface area contributed by atoms with E-state index in [1.807, 2.05) is 18.6 Å². The quantitative estimate of drug-likeness (QED) is 0.771. The molecule has 2 N–H and O–H groups in total. The zero-order chi connectivity index (χ0) is 14.5. The van der Waals surface area contributed by atoms with Crippen molar-refractivity contribution in [1.29, 1.82) is 0 Å². The van der Waals surface area contributed by atoms with Crippen LogP contribution in [0.3, 0.4) is 0 Å². The summed E-state index contributed by atoms with van der Waals surface area (Å²) in [5.41, 5.74) is 1.01. The third-order valence-corrected chi connectivity index (χ3v) is 6.46. The summed E-state index contributed by atoms with van der Waals surface area (Å²) in [7, 11) is -3.36. The smallest absolute Gasteiger partial charge is 0.250 e. The second kappa shape index (κ2) is 7.64. The fourth-order valence-corrected chi connectivity index (χ4v) is 4.03. The van der Waals surface area contributed by atoms with E-state index in [1.165, 1.54) is 11.3 Å². The van der Waals surface area contributed by atoms with Gasteiger partial charge in [-0.1, -0.05) is 20.8 Å². The first-order valence-electron chi connectivity index (χ1n) is 6.18. The molecule has 0 aliphatic heterocycles. The predicted octanol–water partition coefficient (Wildman–Crippen LogP) is 2.28. The normalized spacial score (nSPS) is 13.9. The first-order chi connectivity index (χ1) is 8.85. The minimum atomic E-state index is -3.36. The molecule has 7 heteroatoms. The minimum Gasteiger partial charge on any atom is -0.310 e. The molecule has 0 amide bonds. The summed E-state index contributed by atoms with van der Waals surface area (Å²) in [5, 5.41) is 5.44. The van der Waals surface area contributed by atoms with E-state index < -0.39 is 10.0 Å². The lowest BCUT2D eigenvalue weighted by Crippen LogP contribution is -2.29. The lowest BCUT2D eigenvalue weighted by atomic mass is 10.3. The van der Waals surface area contributed by atoms with Crippen LogP contribution in [0, 0.1) is 0 Å². The van der Waals surface area contributed by atoms with Gasteiger partial charge in [-0.15, -0.1) is 11.3 Å². The maximum atomic E-state index is 12.1. The number of sulfonamides is 1. The van der Waals surface area contributed by atoms with Crippen molar-refractivity contribution in [3.8, 4) is 0 Å². The number of hydrogen-bond donors (Lipinski definition) is 2. The Morgan fingerprint density at radius 1 is 1.37 bits per heavy atom. The summed E-state index contributed by atoms with van der Waals surface area (Å²) in [6.45, 7) is 7.29. The maximum Gasteiger partial charge on any atom is 0.250 e. The standard InChI is InChI=1S/C12H22N2O2S3/c1-9(2)13-7-11-5-12(18-8-11)19(15,16)14-6-10(3)17-4/h5,8-10,13-14H,6-7H2,1-4H3. The van der Waals surface area contributed by atoms with Gasteiger partial charge in [0.25, 0.3) is 0 Å². The lowest BCUT2D eigenvalue weighted by molar-refractivity contribution is 0.582. The average Bonchev–Trinajstić information content (AvgIpc) is 2.83. The molecule has 1 atom stereocenters. The van der Waals surface area contributed by atoms with E-state index in [1.54, 1.807) is 17.8 Å². The Kier molecular flexibility index (Phi) is 6.82. The van der Waals surface area contributed by atoms with E-state index in [-0.39, 0.29) is 5.25 Å². The van der Waals surface area contributed by atoms with Crippen molar-refractivity contribution in [2.24, 2.45) is 0 Å². The van der Waals surface area contributed by atoms with Crippen molar-refractivity contribution in [3.05, 3.63) is 17.0 Å². The molecule has 0 bridgehead atoms. The molecule has 0 aliphatic rings. The molecule has 1 aromatic rings. The van der Waals surface area contributed by atoms with Crippen LogP contribution in [0.25, 0.3) is 0 Å². The van der Waals surface area contributed by atoms with Gasteiger partial charge in [-0.3, -0.25) is 0 Å². The molecule has 1 heterocycles. The van der Waals surface area contributed by atoms with Gasteiger partial charge >= 0.3 is 0 Å². The molecule has 0 radical (unpaired) electrons. The van der Waals surface area contributed by atoms with Gasteiger partial charge in [0.05, 0.1) is 0 Å². The molecule has 19 heavy (non-hydrogen) atoms. The van der Waals surface area contributed by atoms with Crippen LogP contribution >= 0.6 is 23.1 Å². The van der Waals surface area contributed by atoms with Crippen molar-refractivity contribution >= 4 is 33.1 Å². The monoisotopic (exact) mass is 322 g/mol. The minimum absolute atomic E-state index is 0.275. The highest BCUT2D eigenvalue weighted by molar-refractivity contribution is 7.99. The van der Waals surface area contributed by atoms with Crippen molar-refractivity contribution in [3.63, 3.8) is 0 Å². The van der Waals surface area contributed by atoms with Crippen LogP contribution in [0.2, 0.25) is 0 Å². The van der Waals surface area contributed by atoms with Gasteiger partial charge in [-0.05, 0) is 23.3 Å². The fourth-order valence-electron chi connectivity index (χ4n) is 1.29. The number of hydrogen-bond acceptors (Lipinski definition) is 5. The van der Waals surface area contributed by atoms with Gasteiger partial charge in [-0.2, -0.15) is 11.8 Å². The van der Waals surface area contributed by atoms with Crippen molar-refractivity contribution in [2.75, 3.05) is 12.8 Å². The van der Waals surface area contributed by atoms with Gasteiger partial charge in [0.15, 0.2) is 0 Å².